The zero-order valence-corrected chi connectivity index (χ0v) is 16.8. The van der Waals surface area contributed by atoms with Gasteiger partial charge >= 0.3 is 5.97 Å². The van der Waals surface area contributed by atoms with Crippen molar-refractivity contribution in [3.05, 3.63) is 77.9 Å². The molecular weight excluding hydrogens is 400 g/mol. The van der Waals surface area contributed by atoms with Crippen molar-refractivity contribution >= 4 is 46.3 Å². The Kier molecular flexibility index (Phi) is 5.40. The summed E-state index contributed by atoms with van der Waals surface area (Å²) in [4.78, 5) is 21.6. The van der Waals surface area contributed by atoms with E-state index in [0.29, 0.717) is 22.8 Å². The lowest BCUT2D eigenvalue weighted by Crippen LogP contribution is -2.03. The number of aromatic carboxylic acids is 1. The van der Waals surface area contributed by atoms with Crippen LogP contribution in [0.25, 0.3) is 11.0 Å². The van der Waals surface area contributed by atoms with Gasteiger partial charge in [0.2, 0.25) is 0 Å². The molecular formula is C22H18N4O3S. The first-order chi connectivity index (χ1) is 14.5. The van der Waals surface area contributed by atoms with Crippen LogP contribution in [-0.2, 0) is 0 Å². The number of fused-ring (bicyclic) bond motifs is 1. The van der Waals surface area contributed by atoms with E-state index >= 15 is 0 Å². The second-order valence-electron chi connectivity index (χ2n) is 6.59. The molecule has 0 aliphatic carbocycles. The Morgan fingerprint density at radius 1 is 0.933 bits per heavy atom. The number of aromatic nitrogens is 2. The van der Waals surface area contributed by atoms with Gasteiger partial charge in [0, 0.05) is 10.6 Å². The first-order valence-electron chi connectivity index (χ1n) is 9.09. The van der Waals surface area contributed by atoms with E-state index in [-0.39, 0.29) is 11.3 Å². The van der Waals surface area contributed by atoms with Crippen molar-refractivity contribution in [3.63, 3.8) is 0 Å². The molecule has 0 fully saturated rings. The number of carbonyl (C=O) groups is 1. The quantitative estimate of drug-likeness (QED) is 0.250. The molecule has 0 unspecified atom stereocenters. The molecule has 7 nitrogen and oxygen atoms in total. The topological polar surface area (TPSA) is 107 Å². The molecule has 4 aromatic rings. The predicted molar refractivity (Wildman–Crippen MR) is 119 cm³/mol. The molecule has 0 amide bonds. The lowest BCUT2D eigenvalue weighted by atomic mass is 10.2. The fourth-order valence-electron chi connectivity index (χ4n) is 2.79. The molecule has 4 rings (SSSR count). The molecule has 1 heterocycles. The van der Waals surface area contributed by atoms with E-state index in [9.17, 15) is 15.0 Å². The van der Waals surface area contributed by atoms with E-state index in [1.54, 1.807) is 6.07 Å². The average molecular weight is 418 g/mol. The Morgan fingerprint density at radius 3 is 2.27 bits per heavy atom. The van der Waals surface area contributed by atoms with Gasteiger partial charge in [-0.25, -0.2) is 14.8 Å². The fourth-order valence-corrected chi connectivity index (χ4v) is 3.42. The Labute approximate surface area is 177 Å². The third-order valence-corrected chi connectivity index (χ3v) is 5.15. The summed E-state index contributed by atoms with van der Waals surface area (Å²) in [7, 11) is 0. The standard InChI is InChI=1S/C22H18N4O3S/c1-13-6-9-15(10-7-13)30-26-21-20(24-17-4-2-3-5-18(17)25-21)23-14-8-11-19(27)16(12-14)22(28)29/h2-12,27H,1H3,(H,23,24)(H,25,26)(H,28,29). The monoisotopic (exact) mass is 418 g/mol. The fraction of sp³-hybridized carbons (Fsp3) is 0.0455. The van der Waals surface area contributed by atoms with E-state index < -0.39 is 5.97 Å². The van der Waals surface area contributed by atoms with Crippen molar-refractivity contribution in [2.24, 2.45) is 0 Å². The molecule has 0 radical (unpaired) electrons. The van der Waals surface area contributed by atoms with Crippen LogP contribution in [0.3, 0.4) is 0 Å². The van der Waals surface area contributed by atoms with Crippen LogP contribution < -0.4 is 10.0 Å². The first-order valence-corrected chi connectivity index (χ1v) is 9.91. The summed E-state index contributed by atoms with van der Waals surface area (Å²) in [6, 6.07) is 19.8. The molecule has 0 bridgehead atoms. The summed E-state index contributed by atoms with van der Waals surface area (Å²) in [5, 5.41) is 22.1. The second kappa shape index (κ2) is 8.30. The minimum absolute atomic E-state index is 0.197. The molecule has 150 valence electrons. The highest BCUT2D eigenvalue weighted by atomic mass is 32.2. The zero-order chi connectivity index (χ0) is 21.1. The van der Waals surface area contributed by atoms with Gasteiger partial charge in [-0.3, -0.25) is 0 Å². The van der Waals surface area contributed by atoms with E-state index in [1.165, 1.54) is 29.6 Å². The number of aromatic hydroxyl groups is 1. The zero-order valence-electron chi connectivity index (χ0n) is 16.0. The van der Waals surface area contributed by atoms with Crippen molar-refractivity contribution in [1.82, 2.24) is 9.97 Å². The van der Waals surface area contributed by atoms with E-state index in [0.717, 1.165) is 10.4 Å². The highest BCUT2D eigenvalue weighted by Gasteiger charge is 2.13. The molecule has 3 aromatic carbocycles. The maximum atomic E-state index is 11.3. The van der Waals surface area contributed by atoms with Crippen LogP contribution in [0.4, 0.5) is 17.3 Å². The molecule has 0 saturated carbocycles. The van der Waals surface area contributed by atoms with Gasteiger partial charge in [0.15, 0.2) is 11.6 Å². The number of carboxylic acid groups (broad SMARTS) is 1. The van der Waals surface area contributed by atoms with Crippen molar-refractivity contribution in [3.8, 4) is 5.75 Å². The number of hydrogen-bond donors (Lipinski definition) is 4. The van der Waals surface area contributed by atoms with E-state index in [2.05, 4.69) is 20.0 Å². The van der Waals surface area contributed by atoms with Crippen LogP contribution in [0.1, 0.15) is 15.9 Å². The van der Waals surface area contributed by atoms with Crippen LogP contribution in [-0.4, -0.2) is 26.2 Å². The Bertz CT molecular complexity index is 1230. The number of para-hydroxylation sites is 2. The molecule has 0 aliphatic rings. The smallest absolute Gasteiger partial charge is 0.339 e. The Morgan fingerprint density at radius 2 is 1.60 bits per heavy atom. The second-order valence-corrected chi connectivity index (χ2v) is 7.47. The number of nitrogens with zero attached hydrogens (tertiary/aromatic N) is 2. The van der Waals surface area contributed by atoms with Crippen molar-refractivity contribution in [1.29, 1.82) is 0 Å². The third-order valence-electron chi connectivity index (χ3n) is 4.35. The Balaban J connectivity index is 1.68. The molecule has 8 heteroatoms. The molecule has 0 atom stereocenters. The molecule has 30 heavy (non-hydrogen) atoms. The summed E-state index contributed by atoms with van der Waals surface area (Å²) in [6.07, 6.45) is 0. The molecule has 1 aromatic heterocycles. The number of carboxylic acids is 1. The average Bonchev–Trinajstić information content (AvgIpc) is 2.74. The SMILES string of the molecule is Cc1ccc(SNc2nc3ccccc3nc2Nc2ccc(O)c(C(=O)O)c2)cc1. The number of anilines is 3. The van der Waals surface area contributed by atoms with Gasteiger partial charge in [-0.05, 0) is 61.3 Å². The van der Waals surface area contributed by atoms with Crippen molar-refractivity contribution in [2.45, 2.75) is 11.8 Å². The lowest BCUT2D eigenvalue weighted by molar-refractivity contribution is 0.0694. The summed E-state index contributed by atoms with van der Waals surface area (Å²) in [5.41, 5.74) is 2.87. The predicted octanol–water partition coefficient (Wildman–Crippen LogP) is 5.20. The van der Waals surface area contributed by atoms with Gasteiger partial charge in [0.1, 0.15) is 11.3 Å². The van der Waals surface area contributed by atoms with Gasteiger partial charge < -0.3 is 20.3 Å². The summed E-state index contributed by atoms with van der Waals surface area (Å²) >= 11 is 1.40. The van der Waals surface area contributed by atoms with Gasteiger partial charge in [-0.15, -0.1) is 0 Å². The number of aryl methyl sites for hydroxylation is 1. The number of nitrogens with one attached hydrogen (secondary N) is 2. The molecule has 4 N–H and O–H groups in total. The van der Waals surface area contributed by atoms with Gasteiger partial charge in [0.25, 0.3) is 0 Å². The van der Waals surface area contributed by atoms with Gasteiger partial charge in [-0.1, -0.05) is 29.8 Å². The maximum Gasteiger partial charge on any atom is 0.339 e. The lowest BCUT2D eigenvalue weighted by Gasteiger charge is -2.13. The highest BCUT2D eigenvalue weighted by Crippen LogP contribution is 2.30. The largest absolute Gasteiger partial charge is 0.507 e. The van der Waals surface area contributed by atoms with Crippen LogP contribution in [0, 0.1) is 6.92 Å². The van der Waals surface area contributed by atoms with Crippen LogP contribution >= 0.6 is 11.9 Å². The van der Waals surface area contributed by atoms with Crippen molar-refractivity contribution < 1.29 is 15.0 Å². The number of benzene rings is 3. The maximum absolute atomic E-state index is 11.3. The van der Waals surface area contributed by atoms with Crippen molar-refractivity contribution in [2.75, 3.05) is 10.0 Å². The summed E-state index contributed by atoms with van der Waals surface area (Å²) in [5.74, 6) is -0.570. The summed E-state index contributed by atoms with van der Waals surface area (Å²) in [6.45, 7) is 2.03. The Hall–Kier alpha value is -3.78. The van der Waals surface area contributed by atoms with Crippen LogP contribution in [0.2, 0.25) is 0 Å². The number of rotatable bonds is 6. The first kappa shape index (κ1) is 19.5. The summed E-state index contributed by atoms with van der Waals surface area (Å²) < 4.78 is 3.23. The molecule has 0 spiro atoms. The minimum atomic E-state index is -1.21. The molecule has 0 saturated heterocycles. The van der Waals surface area contributed by atoms with Crippen LogP contribution in [0.15, 0.2) is 71.6 Å². The van der Waals surface area contributed by atoms with E-state index in [1.807, 2.05) is 55.5 Å². The highest BCUT2D eigenvalue weighted by molar-refractivity contribution is 8.00. The van der Waals surface area contributed by atoms with Gasteiger partial charge in [-0.2, -0.15) is 0 Å². The minimum Gasteiger partial charge on any atom is -0.507 e. The van der Waals surface area contributed by atoms with Crippen LogP contribution in [0.5, 0.6) is 5.75 Å². The number of hydrogen-bond acceptors (Lipinski definition) is 7. The normalized spacial score (nSPS) is 10.7. The number of phenols is 1. The van der Waals surface area contributed by atoms with E-state index in [4.69, 9.17) is 0 Å². The van der Waals surface area contributed by atoms with Gasteiger partial charge in [0.05, 0.1) is 11.0 Å². The third kappa shape index (κ3) is 4.28. The molecule has 0 aliphatic heterocycles.